The van der Waals surface area contributed by atoms with Crippen LogP contribution in [0.3, 0.4) is 0 Å². The van der Waals surface area contributed by atoms with Crippen molar-refractivity contribution in [1.29, 1.82) is 0 Å². The molecule has 0 amide bonds. The number of carbonyl (C=O) groups is 2. The van der Waals surface area contributed by atoms with Gasteiger partial charge in [0.05, 0.1) is 12.7 Å². The van der Waals surface area contributed by atoms with E-state index in [1.807, 2.05) is 31.2 Å². The molecule has 192 valence electrons. The Labute approximate surface area is 214 Å². The number of rotatable bonds is 7. The average Bonchev–Trinajstić information content (AvgIpc) is 3.43. The number of aromatic nitrogens is 2. The number of allylic oxidation sites excluding steroid dienone is 1. The molecule has 0 aliphatic carbocycles. The van der Waals surface area contributed by atoms with Crippen molar-refractivity contribution >= 4 is 34.5 Å². The van der Waals surface area contributed by atoms with Crippen LogP contribution in [0.2, 0.25) is 0 Å². The number of H-pyrrole nitrogens is 1. The minimum Gasteiger partial charge on any atom is -0.462 e. The number of nitrogens with zero attached hydrogens (tertiary/aromatic N) is 2. The lowest BCUT2D eigenvalue weighted by Crippen LogP contribution is -2.35. The van der Waals surface area contributed by atoms with E-state index in [-0.39, 0.29) is 29.9 Å². The van der Waals surface area contributed by atoms with Gasteiger partial charge in [0.2, 0.25) is 11.7 Å². The van der Waals surface area contributed by atoms with Gasteiger partial charge >= 0.3 is 5.97 Å². The van der Waals surface area contributed by atoms with Crippen LogP contribution in [0.15, 0.2) is 59.9 Å². The number of ether oxygens (including phenoxy) is 2. The third kappa shape index (κ3) is 5.28. The number of aromatic amines is 1. The van der Waals surface area contributed by atoms with E-state index in [1.165, 1.54) is 0 Å². The Morgan fingerprint density at radius 1 is 1.32 bits per heavy atom. The zero-order chi connectivity index (χ0) is 25.9. The van der Waals surface area contributed by atoms with Gasteiger partial charge in [-0.15, -0.1) is 0 Å². The molecule has 1 aromatic carbocycles. The number of hydrogen-bond donors (Lipinski definition) is 3. The van der Waals surface area contributed by atoms with E-state index in [2.05, 4.69) is 26.3 Å². The van der Waals surface area contributed by atoms with Gasteiger partial charge in [-0.2, -0.15) is 0 Å². The van der Waals surface area contributed by atoms with E-state index < -0.39 is 11.8 Å². The van der Waals surface area contributed by atoms with E-state index in [4.69, 9.17) is 9.47 Å². The van der Waals surface area contributed by atoms with Gasteiger partial charge in [-0.1, -0.05) is 12.1 Å². The highest BCUT2D eigenvalue weighted by atomic mass is 16.5. The monoisotopic (exact) mass is 502 g/mol. The predicted octanol–water partition coefficient (Wildman–Crippen LogP) is 3.66. The second-order valence-corrected chi connectivity index (χ2v) is 9.29. The lowest BCUT2D eigenvalue weighted by atomic mass is 10.1. The number of aliphatic hydroxyl groups is 1. The minimum atomic E-state index is -0.736. The first-order chi connectivity index (χ1) is 17.9. The van der Waals surface area contributed by atoms with Crippen molar-refractivity contribution in [2.75, 3.05) is 25.0 Å². The van der Waals surface area contributed by atoms with Crippen LogP contribution in [-0.4, -0.2) is 57.5 Å². The summed E-state index contributed by atoms with van der Waals surface area (Å²) < 4.78 is 11.1. The van der Waals surface area contributed by atoms with Crippen molar-refractivity contribution < 1.29 is 24.2 Å². The fraction of sp³-hybridized carbons (Fsp3) is 0.321. The van der Waals surface area contributed by atoms with Gasteiger partial charge in [0.1, 0.15) is 5.65 Å². The van der Waals surface area contributed by atoms with Crippen LogP contribution in [0.4, 0.5) is 5.69 Å². The number of aryl methyl sites for hydroxylation is 1. The van der Waals surface area contributed by atoms with E-state index in [0.29, 0.717) is 5.65 Å². The van der Waals surface area contributed by atoms with Crippen molar-refractivity contribution in [2.45, 2.75) is 39.3 Å². The summed E-state index contributed by atoms with van der Waals surface area (Å²) in [5.74, 6) is -1.20. The molecule has 1 saturated heterocycles. The normalized spacial score (nSPS) is 18.0. The summed E-state index contributed by atoms with van der Waals surface area (Å²) >= 11 is 0. The van der Waals surface area contributed by atoms with Crippen LogP contribution in [0.25, 0.3) is 17.1 Å². The van der Waals surface area contributed by atoms with E-state index in [0.717, 1.165) is 60.2 Å². The number of anilines is 1. The molecule has 4 heterocycles. The molecule has 9 nitrogen and oxygen atoms in total. The number of likely N-dealkylation sites (tertiary alicyclic amines) is 1. The molecule has 2 aliphatic rings. The Morgan fingerprint density at radius 3 is 2.89 bits per heavy atom. The van der Waals surface area contributed by atoms with Crippen molar-refractivity contribution in [2.24, 2.45) is 0 Å². The number of aliphatic hydroxyl groups excluding tert-OH is 1. The highest BCUT2D eigenvalue weighted by molar-refractivity contribution is 6.26. The third-order valence-corrected chi connectivity index (χ3v) is 6.64. The van der Waals surface area contributed by atoms with E-state index in [9.17, 15) is 14.7 Å². The second kappa shape index (κ2) is 10.6. The Bertz CT molecular complexity index is 1400. The smallest absolute Gasteiger partial charge is 0.347 e. The quantitative estimate of drug-likeness (QED) is 0.255. The Kier molecular flexibility index (Phi) is 7.07. The van der Waals surface area contributed by atoms with Crippen LogP contribution in [0.1, 0.15) is 36.5 Å². The fourth-order valence-electron chi connectivity index (χ4n) is 4.67. The van der Waals surface area contributed by atoms with Crippen LogP contribution < -0.4 is 5.32 Å². The Morgan fingerprint density at radius 2 is 2.14 bits per heavy atom. The lowest BCUT2D eigenvalue weighted by molar-refractivity contribution is -0.139. The van der Waals surface area contributed by atoms with Crippen LogP contribution in [0, 0.1) is 6.92 Å². The molecule has 0 bridgehead atoms. The Hall–Kier alpha value is -3.95. The molecule has 5 rings (SSSR count). The minimum absolute atomic E-state index is 0.0249. The van der Waals surface area contributed by atoms with E-state index in [1.54, 1.807) is 25.4 Å². The zero-order valence-corrected chi connectivity index (χ0v) is 20.9. The topological polar surface area (TPSA) is 117 Å². The number of benzene rings is 1. The molecule has 2 aromatic heterocycles. The summed E-state index contributed by atoms with van der Waals surface area (Å²) in [5, 5.41) is 13.7. The number of piperidine rings is 1. The van der Waals surface area contributed by atoms with Crippen LogP contribution in [0.5, 0.6) is 0 Å². The summed E-state index contributed by atoms with van der Waals surface area (Å²) in [6, 6.07) is 9.70. The molecular formula is C28H30N4O5. The zero-order valence-electron chi connectivity index (χ0n) is 20.9. The molecule has 0 atom stereocenters. The van der Waals surface area contributed by atoms with Crippen LogP contribution >= 0.6 is 0 Å². The predicted molar refractivity (Wildman–Crippen MR) is 139 cm³/mol. The number of esters is 1. The highest BCUT2D eigenvalue weighted by Crippen LogP contribution is 2.31. The molecule has 0 unspecified atom stereocenters. The van der Waals surface area contributed by atoms with Crippen molar-refractivity contribution in [1.82, 2.24) is 14.9 Å². The van der Waals surface area contributed by atoms with Gasteiger partial charge in [-0.05, 0) is 62.1 Å². The first-order valence-electron chi connectivity index (χ1n) is 12.5. The maximum Gasteiger partial charge on any atom is 0.347 e. The number of ketones is 1. The standard InChI is InChI=1S/C28H30N4O5/c1-3-36-28(35)24-25(34)23(14-19-15-30-26-21(19)5-4-10-29-26)37-27(24)31-22-7-6-18(13-17(22)2)16-32-11-8-20(33)9-12-32/h4-7,10,13-15,20,31,33H,3,8-9,11-12,16H2,1-2H3,(H,29,30)/b23-14-. The molecule has 2 aliphatic heterocycles. The average molecular weight is 503 g/mol. The summed E-state index contributed by atoms with van der Waals surface area (Å²) in [6.07, 6.45) is 6.40. The number of Topliss-reactive ketones (excluding diaryl/α,β-unsaturated/α-hetero) is 1. The van der Waals surface area contributed by atoms with Gasteiger partial charge in [-0.3, -0.25) is 9.69 Å². The van der Waals surface area contributed by atoms with Gasteiger partial charge in [0.25, 0.3) is 0 Å². The largest absolute Gasteiger partial charge is 0.462 e. The highest BCUT2D eigenvalue weighted by Gasteiger charge is 2.37. The second-order valence-electron chi connectivity index (χ2n) is 9.29. The molecule has 3 aromatic rings. The molecule has 0 saturated carbocycles. The molecular weight excluding hydrogens is 472 g/mol. The number of fused-ring (bicyclic) bond motifs is 1. The maximum absolute atomic E-state index is 13.2. The lowest BCUT2D eigenvalue weighted by Gasteiger charge is -2.29. The van der Waals surface area contributed by atoms with Gasteiger partial charge < -0.3 is 24.9 Å². The number of nitrogens with one attached hydrogen (secondary N) is 2. The van der Waals surface area contributed by atoms with Crippen molar-refractivity contribution in [3.05, 3.63) is 76.6 Å². The number of carbonyl (C=O) groups excluding carboxylic acids is 2. The summed E-state index contributed by atoms with van der Waals surface area (Å²) in [7, 11) is 0. The van der Waals surface area contributed by atoms with E-state index >= 15 is 0 Å². The van der Waals surface area contributed by atoms with Gasteiger partial charge in [-0.25, -0.2) is 9.78 Å². The van der Waals surface area contributed by atoms with Gasteiger partial charge in [0, 0.05) is 48.7 Å². The summed E-state index contributed by atoms with van der Waals surface area (Å²) in [6.45, 7) is 6.32. The Balaban J connectivity index is 1.38. The molecule has 37 heavy (non-hydrogen) atoms. The fourth-order valence-corrected chi connectivity index (χ4v) is 4.67. The first-order valence-corrected chi connectivity index (χ1v) is 12.5. The van der Waals surface area contributed by atoms with Gasteiger partial charge in [0.15, 0.2) is 11.3 Å². The SMILES string of the molecule is CCOC(=O)C1=C(Nc2ccc(CN3CCC(O)CC3)cc2C)O/C(=C\c2c[nH]c3ncccc23)C1=O. The summed E-state index contributed by atoms with van der Waals surface area (Å²) in [4.78, 5) is 35.6. The molecule has 1 fully saturated rings. The molecule has 9 heteroatoms. The third-order valence-electron chi connectivity index (χ3n) is 6.64. The molecule has 3 N–H and O–H groups in total. The maximum atomic E-state index is 13.2. The van der Waals surface area contributed by atoms with Crippen molar-refractivity contribution in [3.63, 3.8) is 0 Å². The molecule has 0 radical (unpaired) electrons. The summed E-state index contributed by atoms with van der Waals surface area (Å²) in [5.41, 5.74) is 4.06. The first kappa shape index (κ1) is 24.7. The number of hydrogen-bond acceptors (Lipinski definition) is 8. The number of pyridine rings is 1. The molecule has 0 spiro atoms. The van der Waals surface area contributed by atoms with Crippen LogP contribution in [-0.2, 0) is 25.6 Å². The van der Waals surface area contributed by atoms with Crippen molar-refractivity contribution in [3.8, 4) is 0 Å².